The number of rotatable bonds is 28. The summed E-state index contributed by atoms with van der Waals surface area (Å²) in [6.07, 6.45) is 40.4. The zero-order valence-corrected chi connectivity index (χ0v) is 83.0. The number of halogens is 4. The Labute approximate surface area is 826 Å². The molecule has 4 saturated heterocycles. The quantitative estimate of drug-likeness (QED) is 0.0217. The Morgan fingerprint density at radius 3 is 0.723 bits per heavy atom. The summed E-state index contributed by atoms with van der Waals surface area (Å²) in [5, 5.41) is 65.9. The van der Waals surface area contributed by atoms with E-state index >= 15 is 0 Å². The summed E-state index contributed by atoms with van der Waals surface area (Å²) >= 11 is 25.1. The van der Waals surface area contributed by atoms with Crippen molar-refractivity contribution >= 4 is 117 Å². The normalized spacial score (nSPS) is 23.2. The minimum absolute atomic E-state index is 0.0938. The van der Waals surface area contributed by atoms with E-state index in [0.29, 0.717) is 160 Å². The molecule has 28 nitrogen and oxygen atoms in total. The largest absolute Gasteiger partial charge is 0.392 e. The molecule has 0 radical (unpaired) electrons. The Morgan fingerprint density at radius 2 is 0.518 bits per heavy atom. The number of aliphatic hydroxyl groups is 4. The second kappa shape index (κ2) is 44.5. The van der Waals surface area contributed by atoms with Gasteiger partial charge in [0.15, 0.2) is 0 Å². The molecule has 0 bridgehead atoms. The summed E-state index contributed by atoms with van der Waals surface area (Å²) in [4.78, 5) is 99.6. The van der Waals surface area contributed by atoms with Crippen LogP contribution in [0.4, 0.5) is 47.1 Å². The molecule has 4 aromatic carbocycles. The Balaban J connectivity index is 0.000000127. The van der Waals surface area contributed by atoms with Crippen LogP contribution >= 0.6 is 46.4 Å². The number of anilines is 8. The molecule has 8 saturated carbocycles. The summed E-state index contributed by atoms with van der Waals surface area (Å²) in [6, 6.07) is 23.1. The van der Waals surface area contributed by atoms with Crippen LogP contribution in [0.5, 0.6) is 0 Å². The maximum atomic E-state index is 13.3. The van der Waals surface area contributed by atoms with Gasteiger partial charge in [-0.15, -0.1) is 0 Å². The van der Waals surface area contributed by atoms with E-state index < -0.39 is 0 Å². The molecule has 20 rings (SSSR count). The number of hydrogen-bond acceptors (Lipinski definition) is 24. The van der Waals surface area contributed by atoms with Gasteiger partial charge in [0.05, 0.1) is 26.4 Å². The van der Waals surface area contributed by atoms with E-state index in [1.54, 1.807) is 24.8 Å². The van der Waals surface area contributed by atoms with Crippen molar-refractivity contribution < 1.29 is 39.6 Å². The van der Waals surface area contributed by atoms with Crippen LogP contribution in [0.25, 0.3) is 0 Å². The molecular formula is C105H138Cl4N20O8. The van der Waals surface area contributed by atoms with Crippen LogP contribution in [0.3, 0.4) is 0 Å². The van der Waals surface area contributed by atoms with Gasteiger partial charge < -0.3 is 82.6 Å². The molecule has 8 aromatic rings. The highest BCUT2D eigenvalue weighted by Crippen LogP contribution is 2.56. The van der Waals surface area contributed by atoms with Gasteiger partial charge in [0, 0.05) is 148 Å². The van der Waals surface area contributed by atoms with E-state index in [1.807, 2.05) is 72.8 Å². The van der Waals surface area contributed by atoms with Crippen molar-refractivity contribution in [3.05, 3.63) is 184 Å². The highest BCUT2D eigenvalue weighted by Gasteiger charge is 2.51. The van der Waals surface area contributed by atoms with Crippen molar-refractivity contribution in [2.24, 2.45) is 45.3 Å². The lowest BCUT2D eigenvalue weighted by molar-refractivity contribution is 0.0914. The molecule has 8 heterocycles. The zero-order chi connectivity index (χ0) is 95.5. The lowest BCUT2D eigenvalue weighted by Gasteiger charge is -2.32. The standard InChI is InChI=1S/C27H36ClN5O2.3C26H34ClN5O2/c1-18-2-6-21(7-3-18)31-25(35)22-16-30-26(33-12-10-27(8-9-27)11-13-33)32-24(22)29-15-19-4-5-20(17-34)23(28)14-19;3*1-17-2-6-20(7-3-17)30-24(34)21-14-29-25(32-11-10-26(16-32)8-9-26)31-23(21)28-13-18-4-5-19(15-33)22(27)12-18/h4-5,14,16,18,21,34H,2-3,6-13,15,17H2,1H3,(H,31,35)(H,29,30,32);3*4-5,12,14,17,20,33H,2-3,6-11,13,15-16H2,1H3,(H,30,34)(H,28,29,31). The summed E-state index contributed by atoms with van der Waals surface area (Å²) in [7, 11) is 0. The van der Waals surface area contributed by atoms with Crippen molar-refractivity contribution in [3.8, 4) is 0 Å². The highest BCUT2D eigenvalue weighted by atomic mass is 35.5. The lowest BCUT2D eigenvalue weighted by atomic mass is 9.87. The third-order valence-corrected chi connectivity index (χ3v) is 33.0. The van der Waals surface area contributed by atoms with Crippen LogP contribution in [-0.2, 0) is 52.6 Å². The molecule has 0 atom stereocenters. The molecule has 0 unspecified atom stereocenters. The van der Waals surface area contributed by atoms with Gasteiger partial charge in [0.25, 0.3) is 23.6 Å². The second-order valence-corrected chi connectivity index (χ2v) is 43.8. The Hall–Kier alpha value is -9.52. The number of aromatic nitrogens is 8. The number of aliphatic hydroxyl groups excluding tert-OH is 4. The minimum Gasteiger partial charge on any atom is -0.392 e. The number of benzene rings is 4. The fraction of sp³-hybridized carbons (Fsp3) is 0.581. The summed E-state index contributed by atoms with van der Waals surface area (Å²) < 4.78 is 0. The minimum atomic E-state index is -0.123. The van der Waals surface area contributed by atoms with E-state index in [2.05, 4.69) is 110 Å². The van der Waals surface area contributed by atoms with E-state index in [-0.39, 0.29) is 74.2 Å². The average Bonchev–Trinajstić information content (AvgIpc) is 1.62. The van der Waals surface area contributed by atoms with Crippen LogP contribution in [0, 0.1) is 45.3 Å². The molecule has 8 aliphatic carbocycles. The van der Waals surface area contributed by atoms with Crippen molar-refractivity contribution in [1.29, 1.82) is 0 Å². The van der Waals surface area contributed by atoms with Crippen LogP contribution in [-0.4, -0.2) is 160 Å². The van der Waals surface area contributed by atoms with Crippen LogP contribution in [0.1, 0.15) is 300 Å². The fourth-order valence-corrected chi connectivity index (χ4v) is 22.0. The number of piperidine rings is 1. The third-order valence-electron chi connectivity index (χ3n) is 31.6. The molecule has 12 aliphatic rings. The zero-order valence-electron chi connectivity index (χ0n) is 80.0. The van der Waals surface area contributed by atoms with E-state index in [1.165, 1.54) is 83.5 Å². The second-order valence-electron chi connectivity index (χ2n) is 42.2. The topological polar surface area (TPSA) is 362 Å². The third kappa shape index (κ3) is 25.8. The maximum absolute atomic E-state index is 13.3. The SMILES string of the molecule is CC1CCC(NC(=O)c2cnc(N3CCC4(CC3)CC4)nc2NCc2ccc(CO)c(Cl)c2)CC1.CC1CCC(NC(=O)c2cnc(N3CCC4(CC4)C3)nc2NCc2ccc(CO)c(Cl)c2)CC1.CC1CCC(NC(=O)c2cnc(N3CCC4(CC4)C3)nc2NCc2ccc(CO)c(Cl)c2)CC1.CC1CCC(NC(=O)c2cnc(N3CCC4(CC4)C3)nc2NCc2ccc(CO)c(Cl)c2)CC1. The summed E-state index contributed by atoms with van der Waals surface area (Å²) in [6.45, 7) is 18.4. The number of nitrogens with zero attached hydrogens (tertiary/aromatic N) is 12. The van der Waals surface area contributed by atoms with E-state index in [0.717, 1.165) is 201 Å². The predicted molar refractivity (Wildman–Crippen MR) is 541 cm³/mol. The van der Waals surface area contributed by atoms with Gasteiger partial charge in [-0.2, -0.15) is 19.9 Å². The van der Waals surface area contributed by atoms with Gasteiger partial charge in [0.1, 0.15) is 45.5 Å². The molecule has 137 heavy (non-hydrogen) atoms. The van der Waals surface area contributed by atoms with Gasteiger partial charge in [-0.05, 0) is 300 Å². The summed E-state index contributed by atoms with van der Waals surface area (Å²) in [5.41, 5.74) is 10.5. The Bertz CT molecular complexity index is 5150. The smallest absolute Gasteiger partial charge is 0.256 e. The number of nitrogens with one attached hydrogen (secondary N) is 8. The van der Waals surface area contributed by atoms with E-state index in [9.17, 15) is 39.6 Å². The van der Waals surface area contributed by atoms with Crippen LogP contribution in [0.15, 0.2) is 97.6 Å². The molecular weight excluding hydrogens is 1810 g/mol. The van der Waals surface area contributed by atoms with Gasteiger partial charge in [-0.25, -0.2) is 19.9 Å². The first-order chi connectivity index (χ1) is 66.3. The van der Waals surface area contributed by atoms with Crippen molar-refractivity contribution in [2.45, 2.75) is 291 Å². The number of hydrogen-bond donors (Lipinski definition) is 12. The molecule has 12 N–H and O–H groups in total. The molecule has 734 valence electrons. The van der Waals surface area contributed by atoms with Gasteiger partial charge in [-0.3, -0.25) is 19.2 Å². The van der Waals surface area contributed by atoms with Gasteiger partial charge in [-0.1, -0.05) is 123 Å². The highest BCUT2D eigenvalue weighted by molar-refractivity contribution is 6.32. The van der Waals surface area contributed by atoms with Crippen LogP contribution < -0.4 is 62.1 Å². The van der Waals surface area contributed by atoms with Gasteiger partial charge >= 0.3 is 0 Å². The molecule has 4 aliphatic heterocycles. The molecule has 4 spiro atoms. The predicted octanol–water partition coefficient (Wildman–Crippen LogP) is 18.5. The molecule has 32 heteroatoms. The molecule has 4 aromatic heterocycles. The maximum Gasteiger partial charge on any atom is 0.256 e. The summed E-state index contributed by atoms with van der Waals surface area (Å²) in [5.74, 6) is 7.34. The van der Waals surface area contributed by atoms with Crippen molar-refractivity contribution in [2.75, 3.05) is 93.2 Å². The van der Waals surface area contributed by atoms with Crippen LogP contribution in [0.2, 0.25) is 20.1 Å². The number of carbonyl (C=O) groups excluding carboxylic acids is 4. The first-order valence-corrected chi connectivity index (χ1v) is 52.0. The fourth-order valence-electron chi connectivity index (χ4n) is 21.0. The monoisotopic (exact) mass is 1950 g/mol. The lowest BCUT2D eigenvalue weighted by Crippen LogP contribution is -2.38. The van der Waals surface area contributed by atoms with Crippen molar-refractivity contribution in [1.82, 2.24) is 61.1 Å². The molecule has 4 amide bonds. The Morgan fingerprint density at radius 1 is 0.307 bits per heavy atom. The van der Waals surface area contributed by atoms with Gasteiger partial charge in [0.2, 0.25) is 23.8 Å². The number of carbonyl (C=O) groups is 4. The Kier molecular flexibility index (Phi) is 32.2. The average molecular weight is 1950 g/mol. The van der Waals surface area contributed by atoms with Crippen molar-refractivity contribution in [3.63, 3.8) is 0 Å². The number of amides is 4. The first kappa shape index (κ1) is 99.1. The molecule has 12 fully saturated rings. The van der Waals surface area contributed by atoms with E-state index in [4.69, 9.17) is 66.3 Å². The first-order valence-electron chi connectivity index (χ1n) is 50.5.